The van der Waals surface area contributed by atoms with Crippen LogP contribution in [0.4, 0.5) is 22.0 Å². The minimum atomic E-state index is -5.08. The number of rotatable bonds is 0. The molecule has 0 amide bonds. The van der Waals surface area contributed by atoms with E-state index in [1.54, 1.807) is 0 Å². The molecule has 3 nitrogen and oxygen atoms in total. The summed E-state index contributed by atoms with van der Waals surface area (Å²) in [6.07, 6.45) is -7.61. The summed E-state index contributed by atoms with van der Waals surface area (Å²) in [6.45, 7) is 0.363. The average molecular weight is 221 g/mol. The van der Waals surface area contributed by atoms with Crippen molar-refractivity contribution in [2.24, 2.45) is 0 Å². The van der Waals surface area contributed by atoms with Gasteiger partial charge in [-0.3, -0.25) is 0 Å². The molecule has 2 atom stereocenters. The van der Waals surface area contributed by atoms with Crippen molar-refractivity contribution in [2.45, 2.75) is 18.5 Å². The second-order valence-corrected chi connectivity index (χ2v) is 2.49. The van der Waals surface area contributed by atoms with Crippen molar-refractivity contribution in [3.8, 4) is 0 Å². The highest BCUT2D eigenvalue weighted by atomic mass is 19.4. The maximum atomic E-state index is 11.9. The molecule has 1 fully saturated rings. The number of aliphatic carboxylic acids is 1. The molecule has 0 aromatic carbocycles. The summed E-state index contributed by atoms with van der Waals surface area (Å²) in [7, 11) is 0. The second-order valence-electron chi connectivity index (χ2n) is 2.49. The van der Waals surface area contributed by atoms with E-state index in [1.165, 1.54) is 0 Å². The molecule has 1 aliphatic heterocycles. The largest absolute Gasteiger partial charge is 0.490 e. The van der Waals surface area contributed by atoms with Gasteiger partial charge in [0.1, 0.15) is 12.3 Å². The molecule has 1 heterocycles. The highest BCUT2D eigenvalue weighted by Gasteiger charge is 2.38. The van der Waals surface area contributed by atoms with E-state index in [4.69, 9.17) is 9.90 Å². The summed E-state index contributed by atoms with van der Waals surface area (Å²) in [6, 6.07) is 0. The third-order valence-corrected chi connectivity index (χ3v) is 1.31. The van der Waals surface area contributed by atoms with E-state index < -0.39 is 24.5 Å². The van der Waals surface area contributed by atoms with Crippen LogP contribution in [-0.2, 0) is 4.79 Å². The van der Waals surface area contributed by atoms with Crippen LogP contribution in [0.1, 0.15) is 0 Å². The van der Waals surface area contributed by atoms with Crippen LogP contribution in [0.2, 0.25) is 0 Å². The van der Waals surface area contributed by atoms with E-state index in [0.29, 0.717) is 0 Å². The zero-order chi connectivity index (χ0) is 11.4. The standard InChI is InChI=1S/C4H7F2N.C2HF3O2/c5-3-1-7-2-4(3)6;3-2(4,5)1(6)7/h3-4,7H,1-2H2;(H,6,7)/t3-,4+;. The molecule has 0 bridgehead atoms. The Labute approximate surface area is 75.9 Å². The van der Waals surface area contributed by atoms with E-state index in [9.17, 15) is 22.0 Å². The Hall–Kier alpha value is -0.920. The van der Waals surface area contributed by atoms with Gasteiger partial charge >= 0.3 is 12.1 Å². The molecule has 0 aliphatic carbocycles. The number of carbonyl (C=O) groups is 1. The van der Waals surface area contributed by atoms with Crippen LogP contribution in [0.25, 0.3) is 0 Å². The van der Waals surface area contributed by atoms with Crippen molar-refractivity contribution >= 4 is 5.97 Å². The first-order chi connectivity index (χ1) is 6.25. The maximum absolute atomic E-state index is 11.9. The second kappa shape index (κ2) is 5.08. The first-order valence-electron chi connectivity index (χ1n) is 3.54. The zero-order valence-electron chi connectivity index (χ0n) is 6.81. The zero-order valence-corrected chi connectivity index (χ0v) is 6.81. The van der Waals surface area contributed by atoms with E-state index in [2.05, 4.69) is 5.32 Å². The number of nitrogens with one attached hydrogen (secondary N) is 1. The topological polar surface area (TPSA) is 49.3 Å². The summed E-state index contributed by atoms with van der Waals surface area (Å²) in [4.78, 5) is 8.90. The predicted molar refractivity (Wildman–Crippen MR) is 36.4 cm³/mol. The van der Waals surface area contributed by atoms with Gasteiger partial charge < -0.3 is 10.4 Å². The van der Waals surface area contributed by atoms with E-state index in [-0.39, 0.29) is 13.1 Å². The molecular formula is C6H8F5NO2. The lowest BCUT2D eigenvalue weighted by Crippen LogP contribution is -2.21. The molecule has 0 unspecified atom stereocenters. The van der Waals surface area contributed by atoms with Gasteiger partial charge in [-0.05, 0) is 0 Å². The molecule has 1 saturated heterocycles. The van der Waals surface area contributed by atoms with Gasteiger partial charge in [-0.1, -0.05) is 0 Å². The molecule has 0 aromatic rings. The number of hydrogen-bond donors (Lipinski definition) is 2. The molecule has 8 heteroatoms. The van der Waals surface area contributed by atoms with Gasteiger partial charge in [0, 0.05) is 13.1 Å². The van der Waals surface area contributed by atoms with Crippen LogP contribution < -0.4 is 5.32 Å². The van der Waals surface area contributed by atoms with Crippen molar-refractivity contribution in [3.05, 3.63) is 0 Å². The Bertz CT molecular complexity index is 187. The SMILES string of the molecule is F[C@@H]1CNC[C@@H]1F.O=C(O)C(F)(F)F. The fourth-order valence-electron chi connectivity index (χ4n) is 0.615. The van der Waals surface area contributed by atoms with Gasteiger partial charge in [0.15, 0.2) is 0 Å². The fourth-order valence-corrected chi connectivity index (χ4v) is 0.615. The summed E-state index contributed by atoms with van der Waals surface area (Å²) in [5.41, 5.74) is 0. The summed E-state index contributed by atoms with van der Waals surface area (Å²) >= 11 is 0. The minimum absolute atomic E-state index is 0.182. The number of halogens is 5. The Morgan fingerprint density at radius 1 is 1.21 bits per heavy atom. The minimum Gasteiger partial charge on any atom is -0.475 e. The maximum Gasteiger partial charge on any atom is 0.490 e. The number of hydrogen-bond acceptors (Lipinski definition) is 2. The van der Waals surface area contributed by atoms with Crippen molar-refractivity contribution in [1.82, 2.24) is 5.32 Å². The smallest absolute Gasteiger partial charge is 0.475 e. The van der Waals surface area contributed by atoms with E-state index in [0.717, 1.165) is 0 Å². The molecule has 1 rings (SSSR count). The normalized spacial score (nSPS) is 26.6. The van der Waals surface area contributed by atoms with Crippen molar-refractivity contribution in [1.29, 1.82) is 0 Å². The van der Waals surface area contributed by atoms with Gasteiger partial charge in [-0.2, -0.15) is 13.2 Å². The van der Waals surface area contributed by atoms with Gasteiger partial charge in [0.2, 0.25) is 0 Å². The Morgan fingerprint density at radius 2 is 1.50 bits per heavy atom. The number of carboxylic acid groups (broad SMARTS) is 1. The summed E-state index contributed by atoms with van der Waals surface area (Å²) < 4.78 is 55.5. The molecule has 0 aromatic heterocycles. The van der Waals surface area contributed by atoms with Crippen LogP contribution in [0.3, 0.4) is 0 Å². The van der Waals surface area contributed by atoms with Crippen molar-refractivity contribution < 1.29 is 31.9 Å². The van der Waals surface area contributed by atoms with Crippen molar-refractivity contribution in [2.75, 3.05) is 13.1 Å². The van der Waals surface area contributed by atoms with E-state index >= 15 is 0 Å². The van der Waals surface area contributed by atoms with Gasteiger partial charge in [-0.25, -0.2) is 13.6 Å². The lowest BCUT2D eigenvalue weighted by Gasteiger charge is -1.95. The van der Waals surface area contributed by atoms with Crippen LogP contribution in [0.15, 0.2) is 0 Å². The van der Waals surface area contributed by atoms with Crippen LogP contribution in [-0.4, -0.2) is 42.7 Å². The summed E-state index contributed by atoms with van der Waals surface area (Å²) in [5, 5.41) is 9.70. The molecule has 84 valence electrons. The third-order valence-electron chi connectivity index (χ3n) is 1.31. The first-order valence-corrected chi connectivity index (χ1v) is 3.54. The molecular weight excluding hydrogens is 213 g/mol. The predicted octanol–water partition coefficient (Wildman–Crippen LogP) is 0.899. The molecule has 0 spiro atoms. The Balaban J connectivity index is 0.000000241. The Morgan fingerprint density at radius 3 is 1.57 bits per heavy atom. The molecule has 14 heavy (non-hydrogen) atoms. The van der Waals surface area contributed by atoms with Crippen LogP contribution >= 0.6 is 0 Å². The average Bonchev–Trinajstić information content (AvgIpc) is 2.35. The van der Waals surface area contributed by atoms with Gasteiger partial charge in [-0.15, -0.1) is 0 Å². The summed E-state index contributed by atoms with van der Waals surface area (Å²) in [5.74, 6) is -2.76. The van der Waals surface area contributed by atoms with Gasteiger partial charge in [0.05, 0.1) is 0 Å². The van der Waals surface area contributed by atoms with Gasteiger partial charge in [0.25, 0.3) is 0 Å². The number of alkyl halides is 5. The van der Waals surface area contributed by atoms with Crippen LogP contribution in [0, 0.1) is 0 Å². The Kier molecular flexibility index (Phi) is 4.75. The lowest BCUT2D eigenvalue weighted by molar-refractivity contribution is -0.192. The number of carboxylic acids is 1. The molecule has 0 saturated carbocycles. The molecule has 1 aliphatic rings. The third kappa shape index (κ3) is 4.95. The monoisotopic (exact) mass is 221 g/mol. The fraction of sp³-hybridized carbons (Fsp3) is 0.833. The first kappa shape index (κ1) is 13.1. The quantitative estimate of drug-likeness (QED) is 0.597. The van der Waals surface area contributed by atoms with E-state index in [1.807, 2.05) is 0 Å². The molecule has 0 radical (unpaired) electrons. The highest BCUT2D eigenvalue weighted by molar-refractivity contribution is 5.73. The van der Waals surface area contributed by atoms with Crippen LogP contribution in [0.5, 0.6) is 0 Å². The highest BCUT2D eigenvalue weighted by Crippen LogP contribution is 2.13. The lowest BCUT2D eigenvalue weighted by atomic mass is 10.3. The molecule has 2 N–H and O–H groups in total. The van der Waals surface area contributed by atoms with Crippen molar-refractivity contribution in [3.63, 3.8) is 0 Å².